The molecule has 24 heavy (non-hydrogen) atoms. The van der Waals surface area contributed by atoms with Crippen LogP contribution in [0.25, 0.3) is 0 Å². The first-order valence-electron chi connectivity index (χ1n) is 7.01. The van der Waals surface area contributed by atoms with Crippen LogP contribution in [0.15, 0.2) is 41.5 Å². The number of nitrogens with zero attached hydrogens (tertiary/aromatic N) is 1. The number of anilines is 1. The molecule has 7 heteroatoms. The average Bonchev–Trinajstić information content (AvgIpc) is 2.61. The van der Waals surface area contributed by atoms with Crippen LogP contribution >= 0.6 is 0 Å². The van der Waals surface area contributed by atoms with E-state index < -0.39 is 5.97 Å². The maximum absolute atomic E-state index is 10.8. The minimum atomic E-state index is -0.972. The van der Waals surface area contributed by atoms with Crippen LogP contribution in [-0.4, -0.2) is 38.6 Å². The molecule has 0 aliphatic carbocycles. The van der Waals surface area contributed by atoms with Gasteiger partial charge in [0, 0.05) is 11.6 Å². The fourth-order valence-electron chi connectivity index (χ4n) is 2.02. The SMILES string of the molecule is COc1cc(OC)c(OC)cc1/C=N\Nc1ccc(C(=O)O)cc1. The Bertz CT molecular complexity index is 741. The van der Waals surface area contributed by atoms with Crippen molar-refractivity contribution >= 4 is 17.9 Å². The summed E-state index contributed by atoms with van der Waals surface area (Å²) in [4.78, 5) is 10.8. The van der Waals surface area contributed by atoms with Crippen molar-refractivity contribution in [2.24, 2.45) is 5.10 Å². The van der Waals surface area contributed by atoms with Gasteiger partial charge in [-0.2, -0.15) is 5.10 Å². The van der Waals surface area contributed by atoms with Crippen LogP contribution in [0.4, 0.5) is 5.69 Å². The molecule has 0 saturated carbocycles. The van der Waals surface area contributed by atoms with Crippen LogP contribution in [0.5, 0.6) is 17.2 Å². The second-order valence-corrected chi connectivity index (χ2v) is 4.70. The Labute approximate surface area is 139 Å². The number of aromatic carboxylic acids is 1. The molecule has 0 heterocycles. The van der Waals surface area contributed by atoms with Crippen LogP contribution in [0.1, 0.15) is 15.9 Å². The minimum absolute atomic E-state index is 0.214. The van der Waals surface area contributed by atoms with Gasteiger partial charge in [0.15, 0.2) is 11.5 Å². The van der Waals surface area contributed by atoms with E-state index in [-0.39, 0.29) is 5.56 Å². The van der Waals surface area contributed by atoms with E-state index in [0.717, 1.165) is 0 Å². The smallest absolute Gasteiger partial charge is 0.335 e. The predicted molar refractivity (Wildman–Crippen MR) is 90.7 cm³/mol. The van der Waals surface area contributed by atoms with Gasteiger partial charge in [-0.15, -0.1) is 0 Å². The number of carboxylic acids is 1. The molecule has 0 aromatic heterocycles. The molecular weight excluding hydrogens is 312 g/mol. The average molecular weight is 330 g/mol. The number of hydrazone groups is 1. The third kappa shape index (κ3) is 3.95. The molecule has 0 radical (unpaired) electrons. The number of nitrogens with one attached hydrogen (secondary N) is 1. The normalized spacial score (nSPS) is 10.5. The third-order valence-electron chi connectivity index (χ3n) is 3.27. The largest absolute Gasteiger partial charge is 0.496 e. The summed E-state index contributed by atoms with van der Waals surface area (Å²) in [5.74, 6) is 0.730. The van der Waals surface area contributed by atoms with Gasteiger partial charge in [-0.05, 0) is 30.3 Å². The number of benzene rings is 2. The molecule has 0 unspecified atom stereocenters. The molecule has 0 bridgehead atoms. The molecule has 0 saturated heterocycles. The molecule has 0 aliphatic heterocycles. The first kappa shape index (κ1) is 17.1. The second-order valence-electron chi connectivity index (χ2n) is 4.70. The lowest BCUT2D eigenvalue weighted by Gasteiger charge is -2.11. The maximum atomic E-state index is 10.8. The quantitative estimate of drug-likeness (QED) is 0.599. The van der Waals surface area contributed by atoms with E-state index >= 15 is 0 Å². The summed E-state index contributed by atoms with van der Waals surface area (Å²) >= 11 is 0. The predicted octanol–water partition coefficient (Wildman–Crippen LogP) is 2.86. The number of methoxy groups -OCH3 is 3. The van der Waals surface area contributed by atoms with Crippen LogP contribution in [0, 0.1) is 0 Å². The molecular formula is C17H18N2O5. The van der Waals surface area contributed by atoms with Crippen LogP contribution in [-0.2, 0) is 0 Å². The van der Waals surface area contributed by atoms with Gasteiger partial charge in [-0.3, -0.25) is 5.43 Å². The number of carboxylic acid groups (broad SMARTS) is 1. The van der Waals surface area contributed by atoms with Gasteiger partial charge in [0.25, 0.3) is 0 Å². The zero-order valence-electron chi connectivity index (χ0n) is 13.6. The topological polar surface area (TPSA) is 89.4 Å². The summed E-state index contributed by atoms with van der Waals surface area (Å²) in [6, 6.07) is 9.71. The first-order chi connectivity index (χ1) is 11.6. The van der Waals surface area contributed by atoms with Crippen molar-refractivity contribution in [3.05, 3.63) is 47.5 Å². The van der Waals surface area contributed by atoms with E-state index in [4.69, 9.17) is 19.3 Å². The van der Waals surface area contributed by atoms with E-state index in [0.29, 0.717) is 28.5 Å². The van der Waals surface area contributed by atoms with E-state index in [2.05, 4.69) is 10.5 Å². The van der Waals surface area contributed by atoms with Crippen molar-refractivity contribution in [2.75, 3.05) is 26.8 Å². The second kappa shape index (κ2) is 7.87. The fourth-order valence-corrected chi connectivity index (χ4v) is 2.02. The number of hydrogen-bond acceptors (Lipinski definition) is 6. The zero-order valence-corrected chi connectivity index (χ0v) is 13.6. The summed E-state index contributed by atoms with van der Waals surface area (Å²) in [5.41, 5.74) is 4.40. The van der Waals surface area contributed by atoms with Crippen molar-refractivity contribution in [2.45, 2.75) is 0 Å². The van der Waals surface area contributed by atoms with Crippen LogP contribution in [0.3, 0.4) is 0 Å². The molecule has 0 fully saturated rings. The van der Waals surface area contributed by atoms with Gasteiger partial charge in [-0.25, -0.2) is 4.79 Å². The molecule has 2 rings (SSSR count). The standard InChI is InChI=1S/C17H18N2O5/c1-22-14-9-16(24-3)15(23-2)8-12(14)10-18-19-13-6-4-11(5-7-13)17(20)21/h4-10,19H,1-3H3,(H,20,21)/b18-10-. The molecule has 2 aromatic carbocycles. The number of rotatable bonds is 7. The third-order valence-corrected chi connectivity index (χ3v) is 3.27. The zero-order chi connectivity index (χ0) is 17.5. The fraction of sp³-hybridized carbons (Fsp3) is 0.176. The van der Waals surface area contributed by atoms with Crippen molar-refractivity contribution < 1.29 is 24.1 Å². The van der Waals surface area contributed by atoms with Gasteiger partial charge in [0.05, 0.1) is 38.8 Å². The maximum Gasteiger partial charge on any atom is 0.335 e. The summed E-state index contributed by atoms with van der Waals surface area (Å²) in [6.07, 6.45) is 1.58. The molecule has 2 N–H and O–H groups in total. The van der Waals surface area contributed by atoms with E-state index in [9.17, 15) is 4.79 Å². The Morgan fingerprint density at radius 1 is 1.00 bits per heavy atom. The number of carbonyl (C=O) groups is 1. The molecule has 0 amide bonds. The Kier molecular flexibility index (Phi) is 5.62. The molecule has 0 spiro atoms. The van der Waals surface area contributed by atoms with Gasteiger partial charge in [0.2, 0.25) is 0 Å². The van der Waals surface area contributed by atoms with Crippen molar-refractivity contribution in [3.8, 4) is 17.2 Å². The van der Waals surface area contributed by atoms with E-state index in [1.165, 1.54) is 12.1 Å². The van der Waals surface area contributed by atoms with Crippen molar-refractivity contribution in [3.63, 3.8) is 0 Å². The highest BCUT2D eigenvalue weighted by Crippen LogP contribution is 2.33. The number of hydrogen-bond donors (Lipinski definition) is 2. The molecule has 2 aromatic rings. The lowest BCUT2D eigenvalue weighted by molar-refractivity contribution is 0.0697. The summed E-state index contributed by atoms with van der Waals surface area (Å²) < 4.78 is 15.8. The van der Waals surface area contributed by atoms with Crippen molar-refractivity contribution in [1.82, 2.24) is 0 Å². The van der Waals surface area contributed by atoms with Crippen LogP contribution < -0.4 is 19.6 Å². The Morgan fingerprint density at radius 2 is 1.58 bits per heavy atom. The number of ether oxygens (including phenoxy) is 3. The summed E-state index contributed by atoms with van der Waals surface area (Å²) in [5, 5.41) is 13.0. The van der Waals surface area contributed by atoms with Gasteiger partial charge in [-0.1, -0.05) is 0 Å². The lowest BCUT2D eigenvalue weighted by Crippen LogP contribution is -1.98. The first-order valence-corrected chi connectivity index (χ1v) is 7.01. The molecule has 0 aliphatic rings. The summed E-state index contributed by atoms with van der Waals surface area (Å²) in [7, 11) is 4.65. The Morgan fingerprint density at radius 3 is 2.12 bits per heavy atom. The molecule has 7 nitrogen and oxygen atoms in total. The monoisotopic (exact) mass is 330 g/mol. The minimum Gasteiger partial charge on any atom is -0.496 e. The van der Waals surface area contributed by atoms with Gasteiger partial charge < -0.3 is 19.3 Å². The Hall–Kier alpha value is -3.22. The van der Waals surface area contributed by atoms with Crippen LogP contribution in [0.2, 0.25) is 0 Å². The lowest BCUT2D eigenvalue weighted by atomic mass is 10.2. The van der Waals surface area contributed by atoms with E-state index in [1.807, 2.05) is 0 Å². The highest BCUT2D eigenvalue weighted by molar-refractivity contribution is 5.88. The van der Waals surface area contributed by atoms with Gasteiger partial charge in [0.1, 0.15) is 5.75 Å². The molecule has 0 atom stereocenters. The highest BCUT2D eigenvalue weighted by atomic mass is 16.5. The van der Waals surface area contributed by atoms with Crippen molar-refractivity contribution in [1.29, 1.82) is 0 Å². The highest BCUT2D eigenvalue weighted by Gasteiger charge is 2.10. The summed E-state index contributed by atoms with van der Waals surface area (Å²) in [6.45, 7) is 0. The molecule has 126 valence electrons. The van der Waals surface area contributed by atoms with E-state index in [1.54, 1.807) is 51.8 Å². The Balaban J connectivity index is 2.17. The van der Waals surface area contributed by atoms with Gasteiger partial charge >= 0.3 is 5.97 Å².